The fourth-order valence-electron chi connectivity index (χ4n) is 2.30. The second kappa shape index (κ2) is 4.98. The summed E-state index contributed by atoms with van der Waals surface area (Å²) in [5.74, 6) is 0.967. The molecule has 2 aromatic rings. The Labute approximate surface area is 104 Å². The molecule has 1 aliphatic rings. The van der Waals surface area contributed by atoms with E-state index in [1.165, 1.54) is 19.4 Å². The van der Waals surface area contributed by atoms with E-state index in [1.807, 2.05) is 0 Å². The number of nitrogens with zero attached hydrogens (tertiary/aromatic N) is 2. The van der Waals surface area contributed by atoms with E-state index in [-0.39, 0.29) is 0 Å². The van der Waals surface area contributed by atoms with Crippen LogP contribution >= 0.6 is 11.3 Å². The number of nitrogens with one attached hydrogen (secondary N) is 2. The van der Waals surface area contributed by atoms with Gasteiger partial charge < -0.3 is 10.6 Å². The first kappa shape index (κ1) is 10.9. The van der Waals surface area contributed by atoms with Gasteiger partial charge in [0.15, 0.2) is 0 Å². The third kappa shape index (κ3) is 2.40. The second-order valence-electron chi connectivity index (χ2n) is 4.37. The maximum atomic E-state index is 4.31. The molecule has 0 saturated carbocycles. The van der Waals surface area contributed by atoms with E-state index in [0.29, 0.717) is 6.04 Å². The molecule has 0 radical (unpaired) electrons. The summed E-state index contributed by atoms with van der Waals surface area (Å²) in [6, 6.07) is 2.76. The lowest BCUT2D eigenvalue weighted by atomic mass is 10.1. The number of aromatic nitrogens is 2. The van der Waals surface area contributed by atoms with Gasteiger partial charge in [-0.1, -0.05) is 0 Å². The molecule has 5 heteroatoms. The molecule has 3 heterocycles. The normalized spacial score (nSPS) is 19.9. The maximum absolute atomic E-state index is 4.31. The molecular formula is C12H16N4S. The smallest absolute Gasteiger partial charge is 0.138 e. The molecular weight excluding hydrogens is 232 g/mol. The molecule has 3 rings (SSSR count). The predicted molar refractivity (Wildman–Crippen MR) is 71.5 cm³/mol. The van der Waals surface area contributed by atoms with Crippen molar-refractivity contribution in [1.82, 2.24) is 15.3 Å². The Hall–Kier alpha value is -1.20. The Kier molecular flexibility index (Phi) is 3.20. The molecule has 0 unspecified atom stereocenters. The van der Waals surface area contributed by atoms with Gasteiger partial charge in [-0.05, 0) is 37.3 Å². The van der Waals surface area contributed by atoms with Gasteiger partial charge in [-0.3, -0.25) is 0 Å². The van der Waals surface area contributed by atoms with Crippen molar-refractivity contribution >= 4 is 27.4 Å². The molecule has 17 heavy (non-hydrogen) atoms. The van der Waals surface area contributed by atoms with Crippen LogP contribution in [0.4, 0.5) is 5.82 Å². The average molecular weight is 248 g/mol. The van der Waals surface area contributed by atoms with Crippen molar-refractivity contribution in [3.63, 3.8) is 0 Å². The molecule has 0 amide bonds. The molecule has 0 aromatic carbocycles. The highest BCUT2D eigenvalue weighted by Gasteiger charge is 2.13. The molecule has 1 fully saturated rings. The van der Waals surface area contributed by atoms with Crippen molar-refractivity contribution in [3.05, 3.63) is 17.8 Å². The summed E-state index contributed by atoms with van der Waals surface area (Å²) in [4.78, 5) is 9.61. The fourth-order valence-corrected chi connectivity index (χ4v) is 3.03. The van der Waals surface area contributed by atoms with Crippen molar-refractivity contribution in [1.29, 1.82) is 0 Å². The number of rotatable bonds is 4. The lowest BCUT2D eigenvalue weighted by molar-refractivity contribution is 0.574. The summed E-state index contributed by atoms with van der Waals surface area (Å²) in [6.07, 6.45) is 5.41. The van der Waals surface area contributed by atoms with Gasteiger partial charge in [0, 0.05) is 12.6 Å². The van der Waals surface area contributed by atoms with E-state index in [9.17, 15) is 0 Å². The minimum Gasteiger partial charge on any atom is -0.369 e. The SMILES string of the molecule is c1nc(NCC[C@@H]2CCCN2)c2ccsc2n1. The molecule has 2 N–H and O–H groups in total. The number of hydrogen-bond donors (Lipinski definition) is 2. The van der Waals surface area contributed by atoms with E-state index in [2.05, 4.69) is 32.0 Å². The maximum Gasteiger partial charge on any atom is 0.138 e. The van der Waals surface area contributed by atoms with Crippen LogP contribution in [0.1, 0.15) is 19.3 Å². The topological polar surface area (TPSA) is 49.8 Å². The van der Waals surface area contributed by atoms with Gasteiger partial charge in [-0.15, -0.1) is 11.3 Å². The molecule has 0 spiro atoms. The molecule has 1 atom stereocenters. The lowest BCUT2D eigenvalue weighted by Crippen LogP contribution is -2.24. The third-order valence-electron chi connectivity index (χ3n) is 3.21. The summed E-state index contributed by atoms with van der Waals surface area (Å²) in [6.45, 7) is 2.15. The first-order valence-corrected chi connectivity index (χ1v) is 6.97. The highest BCUT2D eigenvalue weighted by Crippen LogP contribution is 2.23. The predicted octanol–water partition coefficient (Wildman–Crippen LogP) is 2.25. The van der Waals surface area contributed by atoms with E-state index >= 15 is 0 Å². The van der Waals surface area contributed by atoms with Gasteiger partial charge in [0.25, 0.3) is 0 Å². The number of fused-ring (bicyclic) bond motifs is 1. The molecule has 1 saturated heterocycles. The van der Waals surface area contributed by atoms with Crippen molar-refractivity contribution in [2.75, 3.05) is 18.4 Å². The van der Waals surface area contributed by atoms with Crippen LogP contribution < -0.4 is 10.6 Å². The molecule has 0 aliphatic carbocycles. The lowest BCUT2D eigenvalue weighted by Gasteiger charge is -2.11. The molecule has 2 aromatic heterocycles. The van der Waals surface area contributed by atoms with E-state index < -0.39 is 0 Å². The van der Waals surface area contributed by atoms with E-state index in [4.69, 9.17) is 0 Å². The average Bonchev–Trinajstić information content (AvgIpc) is 2.99. The number of hydrogen-bond acceptors (Lipinski definition) is 5. The molecule has 4 nitrogen and oxygen atoms in total. The zero-order valence-corrected chi connectivity index (χ0v) is 10.5. The van der Waals surface area contributed by atoms with Crippen LogP contribution in [0.25, 0.3) is 10.2 Å². The third-order valence-corrected chi connectivity index (χ3v) is 4.03. The first-order chi connectivity index (χ1) is 8.43. The van der Waals surface area contributed by atoms with Gasteiger partial charge >= 0.3 is 0 Å². The Bertz CT molecular complexity index is 490. The molecule has 1 aliphatic heterocycles. The van der Waals surface area contributed by atoms with Crippen LogP contribution in [-0.2, 0) is 0 Å². The fraction of sp³-hybridized carbons (Fsp3) is 0.500. The van der Waals surface area contributed by atoms with Crippen LogP contribution in [-0.4, -0.2) is 29.1 Å². The molecule has 90 valence electrons. The van der Waals surface area contributed by atoms with Crippen LogP contribution in [0.5, 0.6) is 0 Å². The summed E-state index contributed by atoms with van der Waals surface area (Å²) < 4.78 is 0. The first-order valence-electron chi connectivity index (χ1n) is 6.09. The zero-order chi connectivity index (χ0) is 11.5. The van der Waals surface area contributed by atoms with E-state index in [1.54, 1.807) is 17.7 Å². The van der Waals surface area contributed by atoms with Crippen molar-refractivity contribution in [2.45, 2.75) is 25.3 Å². The van der Waals surface area contributed by atoms with Gasteiger partial charge in [0.1, 0.15) is 17.0 Å². The summed E-state index contributed by atoms with van der Waals surface area (Å²) in [7, 11) is 0. The quantitative estimate of drug-likeness (QED) is 0.871. The van der Waals surface area contributed by atoms with E-state index in [0.717, 1.165) is 29.0 Å². The monoisotopic (exact) mass is 248 g/mol. The van der Waals surface area contributed by atoms with Crippen LogP contribution in [0.3, 0.4) is 0 Å². The van der Waals surface area contributed by atoms with Gasteiger partial charge in [0.05, 0.1) is 5.39 Å². The minimum absolute atomic E-state index is 0.683. The van der Waals surface area contributed by atoms with Crippen molar-refractivity contribution in [2.24, 2.45) is 0 Å². The van der Waals surface area contributed by atoms with Crippen molar-refractivity contribution < 1.29 is 0 Å². The largest absolute Gasteiger partial charge is 0.369 e. The number of thiophene rings is 1. The summed E-state index contributed by atoms with van der Waals surface area (Å²) >= 11 is 1.66. The van der Waals surface area contributed by atoms with Gasteiger partial charge in [-0.25, -0.2) is 9.97 Å². The Morgan fingerprint density at radius 1 is 1.47 bits per heavy atom. The zero-order valence-electron chi connectivity index (χ0n) is 9.65. The van der Waals surface area contributed by atoms with Crippen LogP contribution in [0, 0.1) is 0 Å². The second-order valence-corrected chi connectivity index (χ2v) is 5.26. The Balaban J connectivity index is 1.62. The van der Waals surface area contributed by atoms with Crippen LogP contribution in [0.15, 0.2) is 17.8 Å². The Morgan fingerprint density at radius 3 is 3.35 bits per heavy atom. The minimum atomic E-state index is 0.683. The van der Waals surface area contributed by atoms with Gasteiger partial charge in [-0.2, -0.15) is 0 Å². The summed E-state index contributed by atoms with van der Waals surface area (Å²) in [5.41, 5.74) is 0. The van der Waals surface area contributed by atoms with Gasteiger partial charge in [0.2, 0.25) is 0 Å². The highest BCUT2D eigenvalue weighted by atomic mass is 32.1. The standard InChI is InChI=1S/C12H16N4S/c1-2-9(13-5-1)3-6-14-11-10-4-7-17-12(10)16-8-15-11/h4,7-9,13H,1-3,5-6H2,(H,14,15,16)/t9-/m0/s1. The van der Waals surface area contributed by atoms with Crippen molar-refractivity contribution in [3.8, 4) is 0 Å². The molecule has 0 bridgehead atoms. The highest BCUT2D eigenvalue weighted by molar-refractivity contribution is 7.16. The van der Waals surface area contributed by atoms with Crippen LogP contribution in [0.2, 0.25) is 0 Å². The number of anilines is 1. The Morgan fingerprint density at radius 2 is 2.47 bits per heavy atom. The summed E-state index contributed by atoms with van der Waals surface area (Å²) in [5, 5.41) is 10.1.